The highest BCUT2D eigenvalue weighted by atomic mass is 32.1. The van der Waals surface area contributed by atoms with Crippen LogP contribution in [0.4, 0.5) is 10.1 Å². The van der Waals surface area contributed by atoms with Crippen LogP contribution < -0.4 is 16.3 Å². The first-order valence-corrected chi connectivity index (χ1v) is 9.56. The second kappa shape index (κ2) is 8.83. The predicted octanol–water partition coefficient (Wildman–Crippen LogP) is 3.72. The van der Waals surface area contributed by atoms with E-state index < -0.39 is 0 Å². The molecule has 29 heavy (non-hydrogen) atoms. The van der Waals surface area contributed by atoms with E-state index in [4.69, 9.17) is 12.2 Å². The third-order valence-corrected chi connectivity index (χ3v) is 4.79. The molecule has 6 nitrogen and oxygen atoms in total. The number of benzene rings is 2. The van der Waals surface area contributed by atoms with Crippen LogP contribution in [0.25, 0.3) is 5.69 Å². The third kappa shape index (κ3) is 4.43. The molecule has 150 valence electrons. The molecule has 0 aliphatic rings. The van der Waals surface area contributed by atoms with Crippen LogP contribution in [-0.4, -0.2) is 20.2 Å². The average Bonchev–Trinajstić information content (AvgIpc) is 2.93. The maximum atomic E-state index is 13.1. The van der Waals surface area contributed by atoms with Gasteiger partial charge in [-0.25, -0.2) is 9.07 Å². The quantitative estimate of drug-likeness (QED) is 0.382. The maximum Gasteiger partial charge on any atom is 0.295 e. The van der Waals surface area contributed by atoms with Crippen molar-refractivity contribution in [2.45, 2.75) is 20.3 Å². The number of aromatic nitrogens is 2. The van der Waals surface area contributed by atoms with Crippen molar-refractivity contribution < 1.29 is 4.39 Å². The Bertz CT molecular complexity index is 1100. The number of nitrogens with zero attached hydrogens (tertiary/aromatic N) is 3. The Morgan fingerprint density at radius 2 is 1.79 bits per heavy atom. The Balaban J connectivity index is 1.81. The van der Waals surface area contributed by atoms with E-state index in [9.17, 15) is 9.18 Å². The Hall–Kier alpha value is -3.26. The molecule has 0 saturated carbocycles. The summed E-state index contributed by atoms with van der Waals surface area (Å²) in [6.07, 6.45) is 0.631. The van der Waals surface area contributed by atoms with Crippen LogP contribution in [0.5, 0.6) is 0 Å². The largest absolute Gasteiger partial charge is 0.325 e. The Morgan fingerprint density at radius 3 is 2.41 bits per heavy atom. The molecule has 0 atom stereocenters. The first-order chi connectivity index (χ1) is 13.9. The number of nitrogens with one attached hydrogen (secondary N) is 2. The van der Waals surface area contributed by atoms with Crippen LogP contribution >= 0.6 is 12.2 Å². The Labute approximate surface area is 173 Å². The minimum atomic E-state index is -0.302. The number of thiocarbonyl (C=S) groups is 1. The standard InChI is InChI=1S/C21H22FN5OS/c1-4-18(15-10-12-16(22)13-11-15)24-25-21(29)23-19-14(2)26(3)27(20(19)28)17-8-6-5-7-9-17/h5-13H,4H2,1-3H3,(H2,23,25,29)/b24-18-. The van der Waals surface area contributed by atoms with Gasteiger partial charge in [0.25, 0.3) is 5.56 Å². The molecule has 0 saturated heterocycles. The van der Waals surface area contributed by atoms with Crippen LogP contribution in [0.15, 0.2) is 64.5 Å². The van der Waals surface area contributed by atoms with Gasteiger partial charge in [0.15, 0.2) is 5.11 Å². The average molecular weight is 412 g/mol. The van der Waals surface area contributed by atoms with Crippen LogP contribution in [0.1, 0.15) is 24.6 Å². The number of hydrazone groups is 1. The summed E-state index contributed by atoms with van der Waals surface area (Å²) in [5.41, 5.74) is 5.96. The van der Waals surface area contributed by atoms with Gasteiger partial charge in [0.1, 0.15) is 11.5 Å². The van der Waals surface area contributed by atoms with Gasteiger partial charge in [0, 0.05) is 7.05 Å². The zero-order valence-corrected chi connectivity index (χ0v) is 17.3. The topological polar surface area (TPSA) is 63.4 Å². The molecule has 0 aliphatic carbocycles. The zero-order valence-electron chi connectivity index (χ0n) is 16.4. The summed E-state index contributed by atoms with van der Waals surface area (Å²) in [6, 6.07) is 15.5. The van der Waals surface area contributed by atoms with E-state index in [-0.39, 0.29) is 16.5 Å². The molecule has 2 aromatic carbocycles. The number of rotatable bonds is 5. The molecule has 2 N–H and O–H groups in total. The van der Waals surface area contributed by atoms with Crippen LogP contribution in [0.2, 0.25) is 0 Å². The molecule has 1 heterocycles. The second-order valence-electron chi connectivity index (χ2n) is 6.42. The van der Waals surface area contributed by atoms with Crippen molar-refractivity contribution in [3.05, 3.63) is 82.0 Å². The van der Waals surface area contributed by atoms with Crippen molar-refractivity contribution in [2.75, 3.05) is 5.32 Å². The number of halogens is 1. The molecule has 3 rings (SSSR count). The molecular weight excluding hydrogens is 389 g/mol. The lowest BCUT2D eigenvalue weighted by atomic mass is 10.1. The summed E-state index contributed by atoms with van der Waals surface area (Å²) in [6.45, 7) is 3.78. The molecule has 0 fully saturated rings. The van der Waals surface area contributed by atoms with E-state index in [1.54, 1.807) is 21.5 Å². The SMILES string of the molecule is CC/C(=N/NC(=S)Nc1c(C)n(C)n(-c2ccccc2)c1=O)c1ccc(F)cc1. The molecular formula is C21H22FN5OS. The van der Waals surface area contributed by atoms with E-state index in [0.29, 0.717) is 12.1 Å². The maximum absolute atomic E-state index is 13.1. The van der Waals surface area contributed by atoms with Gasteiger partial charge >= 0.3 is 0 Å². The van der Waals surface area contributed by atoms with Crippen molar-refractivity contribution >= 4 is 28.7 Å². The van der Waals surface area contributed by atoms with Gasteiger partial charge in [0.2, 0.25) is 0 Å². The molecule has 1 aromatic heterocycles. The lowest BCUT2D eigenvalue weighted by Gasteiger charge is -2.08. The minimum Gasteiger partial charge on any atom is -0.325 e. The Kier molecular flexibility index (Phi) is 6.23. The summed E-state index contributed by atoms with van der Waals surface area (Å²) in [5.74, 6) is -0.302. The number of hydrogen-bond donors (Lipinski definition) is 2. The number of para-hydroxylation sites is 1. The molecule has 0 spiro atoms. The van der Waals surface area contributed by atoms with Gasteiger partial charge in [0.05, 0.1) is 17.1 Å². The highest BCUT2D eigenvalue weighted by molar-refractivity contribution is 7.80. The van der Waals surface area contributed by atoms with Crippen molar-refractivity contribution in [1.29, 1.82) is 0 Å². The van der Waals surface area contributed by atoms with Crippen molar-refractivity contribution in [3.8, 4) is 5.69 Å². The second-order valence-corrected chi connectivity index (χ2v) is 6.83. The van der Waals surface area contributed by atoms with Crippen LogP contribution in [0.3, 0.4) is 0 Å². The van der Waals surface area contributed by atoms with Crippen molar-refractivity contribution in [2.24, 2.45) is 12.1 Å². The fourth-order valence-corrected chi connectivity index (χ4v) is 3.11. The number of hydrogen-bond acceptors (Lipinski definition) is 3. The molecule has 0 radical (unpaired) electrons. The lowest BCUT2D eigenvalue weighted by molar-refractivity contribution is 0.627. The third-order valence-electron chi connectivity index (χ3n) is 4.60. The molecule has 8 heteroatoms. The fourth-order valence-electron chi connectivity index (χ4n) is 2.96. The van der Waals surface area contributed by atoms with Gasteiger partial charge < -0.3 is 5.32 Å². The van der Waals surface area contributed by atoms with Crippen LogP contribution in [0, 0.1) is 12.7 Å². The smallest absolute Gasteiger partial charge is 0.295 e. The van der Waals surface area contributed by atoms with Crippen molar-refractivity contribution in [3.63, 3.8) is 0 Å². The molecule has 0 unspecified atom stereocenters. The summed E-state index contributed by atoms with van der Waals surface area (Å²) in [5, 5.41) is 7.46. The van der Waals surface area contributed by atoms with E-state index in [1.807, 2.05) is 51.2 Å². The van der Waals surface area contributed by atoms with Gasteiger partial charge in [-0.15, -0.1) is 0 Å². The zero-order chi connectivity index (χ0) is 21.0. The Morgan fingerprint density at radius 1 is 1.14 bits per heavy atom. The molecule has 3 aromatic rings. The monoisotopic (exact) mass is 411 g/mol. The normalized spacial score (nSPS) is 11.4. The fraction of sp³-hybridized carbons (Fsp3) is 0.190. The van der Waals surface area contributed by atoms with Crippen LogP contribution in [-0.2, 0) is 7.05 Å². The summed E-state index contributed by atoms with van der Waals surface area (Å²) in [7, 11) is 1.81. The summed E-state index contributed by atoms with van der Waals surface area (Å²) in [4.78, 5) is 12.9. The predicted molar refractivity (Wildman–Crippen MR) is 118 cm³/mol. The van der Waals surface area contributed by atoms with Crippen molar-refractivity contribution in [1.82, 2.24) is 14.8 Å². The molecule has 0 bridgehead atoms. The first-order valence-electron chi connectivity index (χ1n) is 9.16. The van der Waals surface area contributed by atoms with E-state index in [2.05, 4.69) is 15.8 Å². The van der Waals surface area contributed by atoms with Gasteiger partial charge in [-0.05, 0) is 55.4 Å². The highest BCUT2D eigenvalue weighted by Gasteiger charge is 2.16. The highest BCUT2D eigenvalue weighted by Crippen LogP contribution is 2.14. The minimum absolute atomic E-state index is 0.198. The summed E-state index contributed by atoms with van der Waals surface area (Å²) >= 11 is 5.31. The van der Waals surface area contributed by atoms with Gasteiger partial charge in [-0.2, -0.15) is 5.10 Å². The van der Waals surface area contributed by atoms with E-state index in [1.165, 1.54) is 12.1 Å². The molecule has 0 amide bonds. The lowest BCUT2D eigenvalue weighted by Crippen LogP contribution is -2.28. The van der Waals surface area contributed by atoms with Gasteiger partial charge in [-0.1, -0.05) is 37.3 Å². The van der Waals surface area contributed by atoms with Gasteiger partial charge in [-0.3, -0.25) is 14.9 Å². The molecule has 0 aliphatic heterocycles. The van der Waals surface area contributed by atoms with E-state index >= 15 is 0 Å². The first kappa shape index (κ1) is 20.5. The summed E-state index contributed by atoms with van der Waals surface area (Å²) < 4.78 is 16.5. The number of anilines is 1. The van der Waals surface area contributed by atoms with E-state index in [0.717, 1.165) is 22.7 Å².